The highest BCUT2D eigenvalue weighted by atomic mass is 32.2. The van der Waals surface area contributed by atoms with Crippen LogP contribution in [0.15, 0.2) is 23.1 Å². The largest absolute Gasteiger partial charge is 0.481 e. The van der Waals surface area contributed by atoms with Crippen LogP contribution < -0.4 is 10.0 Å². The van der Waals surface area contributed by atoms with Crippen LogP contribution in [0.1, 0.15) is 60.9 Å². The number of aryl methyl sites for hydroxylation is 1. The summed E-state index contributed by atoms with van der Waals surface area (Å²) in [4.78, 5) is 24.5. The maximum absolute atomic E-state index is 12.7. The molecule has 0 atom stereocenters. The molecule has 1 aromatic carbocycles. The van der Waals surface area contributed by atoms with Crippen LogP contribution in [-0.2, 0) is 14.8 Å². The highest BCUT2D eigenvalue weighted by Gasteiger charge is 2.40. The minimum Gasteiger partial charge on any atom is -0.481 e. The van der Waals surface area contributed by atoms with Crippen molar-refractivity contribution in [2.75, 3.05) is 6.54 Å². The fourth-order valence-electron chi connectivity index (χ4n) is 3.54. The molecule has 27 heavy (non-hydrogen) atoms. The molecule has 0 saturated heterocycles. The van der Waals surface area contributed by atoms with Crippen LogP contribution in [0, 0.1) is 12.3 Å². The van der Waals surface area contributed by atoms with Gasteiger partial charge in [-0.25, -0.2) is 13.1 Å². The van der Waals surface area contributed by atoms with Crippen molar-refractivity contribution in [3.63, 3.8) is 0 Å². The summed E-state index contributed by atoms with van der Waals surface area (Å²) in [7, 11) is -3.65. The molecule has 3 N–H and O–H groups in total. The van der Waals surface area contributed by atoms with E-state index in [0.717, 1.165) is 32.1 Å². The van der Waals surface area contributed by atoms with Gasteiger partial charge in [0.15, 0.2) is 0 Å². The molecule has 2 aliphatic carbocycles. The number of carbonyl (C=O) groups is 2. The van der Waals surface area contributed by atoms with E-state index >= 15 is 0 Å². The van der Waals surface area contributed by atoms with Crippen LogP contribution in [0.5, 0.6) is 0 Å². The van der Waals surface area contributed by atoms with E-state index in [4.69, 9.17) is 0 Å². The number of hydrogen-bond donors (Lipinski definition) is 3. The van der Waals surface area contributed by atoms with Crippen LogP contribution in [0.25, 0.3) is 0 Å². The van der Waals surface area contributed by atoms with Crippen LogP contribution in [0.4, 0.5) is 0 Å². The monoisotopic (exact) mass is 394 g/mol. The lowest BCUT2D eigenvalue weighted by Crippen LogP contribution is -2.44. The molecule has 8 heteroatoms. The molecule has 0 aromatic heterocycles. The zero-order valence-electron chi connectivity index (χ0n) is 15.5. The number of carboxylic acids is 1. The summed E-state index contributed by atoms with van der Waals surface area (Å²) in [5.41, 5.74) is -0.0325. The van der Waals surface area contributed by atoms with Crippen molar-refractivity contribution < 1.29 is 23.1 Å². The molecule has 0 bridgehead atoms. The summed E-state index contributed by atoms with van der Waals surface area (Å²) in [5, 5.41) is 12.4. The normalized spacial score (nSPS) is 19.4. The zero-order valence-corrected chi connectivity index (χ0v) is 16.3. The number of rotatable bonds is 7. The molecule has 2 fully saturated rings. The second kappa shape index (κ2) is 7.59. The minimum atomic E-state index is -3.65. The molecule has 148 valence electrons. The maximum atomic E-state index is 12.7. The van der Waals surface area contributed by atoms with Gasteiger partial charge in [-0.3, -0.25) is 9.59 Å². The Kier molecular flexibility index (Phi) is 5.58. The number of carbonyl (C=O) groups excluding carboxylic acids is 1. The van der Waals surface area contributed by atoms with Crippen LogP contribution >= 0.6 is 0 Å². The van der Waals surface area contributed by atoms with Gasteiger partial charge in [-0.1, -0.05) is 25.3 Å². The lowest BCUT2D eigenvalue weighted by Gasteiger charge is -2.33. The third-order valence-electron chi connectivity index (χ3n) is 5.51. The number of nitrogens with one attached hydrogen (secondary N) is 2. The van der Waals surface area contributed by atoms with Gasteiger partial charge in [-0.05, 0) is 50.3 Å². The SMILES string of the molecule is Cc1ccc(S(=O)(=O)NC2CC2)cc1C(=O)NCC1(C(=O)O)CCCCC1. The van der Waals surface area contributed by atoms with Crippen molar-refractivity contribution in [1.82, 2.24) is 10.0 Å². The standard InChI is InChI=1S/C19H26N2O5S/c1-13-5-8-15(27(25,26)21-14-6-7-14)11-16(13)17(22)20-12-19(18(23)24)9-3-2-4-10-19/h5,8,11,14,21H,2-4,6-7,9-10,12H2,1H3,(H,20,22)(H,23,24). The van der Waals surface area contributed by atoms with Crippen molar-refractivity contribution in [2.45, 2.75) is 62.8 Å². The Morgan fingerprint density at radius 2 is 1.85 bits per heavy atom. The van der Waals surface area contributed by atoms with Crippen molar-refractivity contribution >= 4 is 21.9 Å². The van der Waals surface area contributed by atoms with Gasteiger partial charge >= 0.3 is 5.97 Å². The zero-order chi connectivity index (χ0) is 19.7. The molecule has 0 aliphatic heterocycles. The Morgan fingerprint density at radius 1 is 1.19 bits per heavy atom. The number of amides is 1. The van der Waals surface area contributed by atoms with Gasteiger partial charge in [0.2, 0.25) is 10.0 Å². The second-order valence-electron chi connectivity index (χ2n) is 7.70. The van der Waals surface area contributed by atoms with Crippen molar-refractivity contribution in [1.29, 1.82) is 0 Å². The molecule has 7 nitrogen and oxygen atoms in total. The summed E-state index contributed by atoms with van der Waals surface area (Å²) in [6.45, 7) is 1.78. The highest BCUT2D eigenvalue weighted by Crippen LogP contribution is 2.36. The Labute approximate surface area is 159 Å². The van der Waals surface area contributed by atoms with E-state index < -0.39 is 27.3 Å². The number of hydrogen-bond acceptors (Lipinski definition) is 4. The Morgan fingerprint density at radius 3 is 2.44 bits per heavy atom. The smallest absolute Gasteiger partial charge is 0.311 e. The Hall–Kier alpha value is -1.93. The predicted octanol–water partition coefficient (Wildman–Crippen LogP) is 2.20. The first-order valence-electron chi connectivity index (χ1n) is 9.38. The summed E-state index contributed by atoms with van der Waals surface area (Å²) >= 11 is 0. The van der Waals surface area contributed by atoms with Gasteiger partial charge < -0.3 is 10.4 Å². The van der Waals surface area contributed by atoms with E-state index in [1.807, 2.05) is 0 Å². The number of aliphatic carboxylic acids is 1. The second-order valence-corrected chi connectivity index (χ2v) is 9.42. The number of carboxylic acid groups (broad SMARTS) is 1. The van der Waals surface area contributed by atoms with E-state index in [1.165, 1.54) is 12.1 Å². The van der Waals surface area contributed by atoms with Gasteiger partial charge in [0.05, 0.1) is 10.3 Å². The molecule has 2 aliphatic rings. The molecular formula is C19H26N2O5S. The molecule has 3 rings (SSSR count). The summed E-state index contributed by atoms with van der Waals surface area (Å²) < 4.78 is 27.4. The summed E-state index contributed by atoms with van der Waals surface area (Å²) in [6, 6.07) is 4.43. The average molecular weight is 394 g/mol. The molecular weight excluding hydrogens is 368 g/mol. The first-order valence-corrected chi connectivity index (χ1v) is 10.9. The summed E-state index contributed by atoms with van der Waals surface area (Å²) in [6.07, 6.45) is 5.42. The molecule has 0 radical (unpaired) electrons. The lowest BCUT2D eigenvalue weighted by molar-refractivity contribution is -0.150. The molecule has 2 saturated carbocycles. The lowest BCUT2D eigenvalue weighted by atomic mass is 9.74. The quantitative estimate of drug-likeness (QED) is 0.656. The van der Waals surface area contributed by atoms with Crippen LogP contribution in [-0.4, -0.2) is 38.0 Å². The Balaban J connectivity index is 1.76. The van der Waals surface area contributed by atoms with Crippen molar-refractivity contribution in [3.8, 4) is 0 Å². The third kappa shape index (κ3) is 4.50. The van der Waals surface area contributed by atoms with Crippen LogP contribution in [0.3, 0.4) is 0 Å². The third-order valence-corrected chi connectivity index (χ3v) is 7.03. The van der Waals surface area contributed by atoms with E-state index in [-0.39, 0.29) is 23.0 Å². The fraction of sp³-hybridized carbons (Fsp3) is 0.579. The van der Waals surface area contributed by atoms with Crippen molar-refractivity contribution in [3.05, 3.63) is 29.3 Å². The van der Waals surface area contributed by atoms with Gasteiger partial charge in [0.25, 0.3) is 5.91 Å². The highest BCUT2D eigenvalue weighted by molar-refractivity contribution is 7.89. The molecule has 0 heterocycles. The molecule has 0 spiro atoms. The van der Waals surface area contributed by atoms with E-state index in [1.54, 1.807) is 13.0 Å². The summed E-state index contributed by atoms with van der Waals surface area (Å²) in [5.74, 6) is -1.33. The first-order chi connectivity index (χ1) is 12.7. The maximum Gasteiger partial charge on any atom is 0.311 e. The molecule has 1 aromatic rings. The predicted molar refractivity (Wildman–Crippen MR) is 100 cm³/mol. The van der Waals surface area contributed by atoms with E-state index in [2.05, 4.69) is 10.0 Å². The van der Waals surface area contributed by atoms with E-state index in [9.17, 15) is 23.1 Å². The van der Waals surface area contributed by atoms with Crippen LogP contribution in [0.2, 0.25) is 0 Å². The number of sulfonamides is 1. The Bertz CT molecular complexity index is 840. The molecule has 1 amide bonds. The first kappa shape index (κ1) is 19.8. The van der Waals surface area contributed by atoms with Gasteiger partial charge in [-0.15, -0.1) is 0 Å². The minimum absolute atomic E-state index is 0.0182. The molecule has 0 unspecified atom stereocenters. The van der Waals surface area contributed by atoms with Gasteiger partial charge in [-0.2, -0.15) is 0 Å². The van der Waals surface area contributed by atoms with Gasteiger partial charge in [0, 0.05) is 18.2 Å². The number of benzene rings is 1. The topological polar surface area (TPSA) is 113 Å². The van der Waals surface area contributed by atoms with Gasteiger partial charge in [0.1, 0.15) is 0 Å². The van der Waals surface area contributed by atoms with E-state index in [0.29, 0.717) is 18.4 Å². The fourth-order valence-corrected chi connectivity index (χ4v) is 4.87. The van der Waals surface area contributed by atoms with Crippen molar-refractivity contribution in [2.24, 2.45) is 5.41 Å². The average Bonchev–Trinajstić information content (AvgIpc) is 3.44.